The second-order valence-electron chi connectivity index (χ2n) is 7.27. The molecule has 3 aromatic rings. The standard InChI is InChI=1S/C22H24N4S/c1-15(2)25-14-6-8-19(25)21-20(18-7-4-5-13-23-18)24-22(27)26(21)17-11-9-16(3)10-12-17/h4-15,20-21H,1-3H3,(H,24,27)/t20-,21+/m0/s1. The summed E-state index contributed by atoms with van der Waals surface area (Å²) < 4.78 is 2.32. The first kappa shape index (κ1) is 17.7. The maximum atomic E-state index is 5.77. The van der Waals surface area contributed by atoms with Gasteiger partial charge in [-0.3, -0.25) is 4.98 Å². The summed E-state index contributed by atoms with van der Waals surface area (Å²) in [6.07, 6.45) is 3.98. The van der Waals surface area contributed by atoms with Gasteiger partial charge in [0.05, 0.1) is 11.7 Å². The van der Waals surface area contributed by atoms with Crippen LogP contribution in [0.1, 0.15) is 48.9 Å². The van der Waals surface area contributed by atoms with Crippen molar-refractivity contribution in [1.82, 2.24) is 14.9 Å². The van der Waals surface area contributed by atoms with E-state index < -0.39 is 0 Å². The van der Waals surface area contributed by atoms with Gasteiger partial charge in [0.25, 0.3) is 0 Å². The van der Waals surface area contributed by atoms with Crippen LogP contribution in [-0.4, -0.2) is 14.7 Å². The molecule has 0 bridgehead atoms. The number of nitrogens with zero attached hydrogens (tertiary/aromatic N) is 3. The topological polar surface area (TPSA) is 33.1 Å². The number of anilines is 1. The van der Waals surface area contributed by atoms with Crippen LogP contribution in [0.5, 0.6) is 0 Å². The molecule has 4 rings (SSSR count). The summed E-state index contributed by atoms with van der Waals surface area (Å²) in [5.74, 6) is 0. The van der Waals surface area contributed by atoms with Crippen molar-refractivity contribution in [2.45, 2.75) is 38.9 Å². The van der Waals surface area contributed by atoms with E-state index in [-0.39, 0.29) is 12.1 Å². The third-order valence-corrected chi connectivity index (χ3v) is 5.40. The monoisotopic (exact) mass is 376 g/mol. The van der Waals surface area contributed by atoms with Crippen molar-refractivity contribution in [3.63, 3.8) is 0 Å². The van der Waals surface area contributed by atoms with E-state index in [0.717, 1.165) is 16.5 Å². The number of hydrogen-bond acceptors (Lipinski definition) is 2. The van der Waals surface area contributed by atoms with Gasteiger partial charge in [0, 0.05) is 29.8 Å². The maximum Gasteiger partial charge on any atom is 0.174 e. The molecule has 27 heavy (non-hydrogen) atoms. The average Bonchev–Trinajstić information content (AvgIpc) is 3.27. The van der Waals surface area contributed by atoms with Crippen LogP contribution < -0.4 is 10.2 Å². The fourth-order valence-corrected chi connectivity index (χ4v) is 4.11. The SMILES string of the molecule is Cc1ccc(N2C(=S)N[C@@H](c3ccccn3)[C@H]2c2cccn2C(C)C)cc1. The fourth-order valence-electron chi connectivity index (χ4n) is 3.77. The van der Waals surface area contributed by atoms with Gasteiger partial charge in [0.15, 0.2) is 5.11 Å². The Morgan fingerprint density at radius 1 is 1.04 bits per heavy atom. The molecule has 0 amide bonds. The number of hydrogen-bond donors (Lipinski definition) is 1. The molecule has 1 N–H and O–H groups in total. The summed E-state index contributed by atoms with van der Waals surface area (Å²) in [6, 6.07) is 19.3. The molecule has 2 aromatic heterocycles. The molecule has 1 saturated heterocycles. The minimum absolute atomic E-state index is 0.00703. The van der Waals surface area contributed by atoms with E-state index in [1.807, 2.05) is 18.3 Å². The zero-order chi connectivity index (χ0) is 19.0. The lowest BCUT2D eigenvalue weighted by atomic mass is 10.0. The molecule has 3 heterocycles. The molecule has 0 unspecified atom stereocenters. The zero-order valence-corrected chi connectivity index (χ0v) is 16.6. The lowest BCUT2D eigenvalue weighted by molar-refractivity contribution is 0.497. The van der Waals surface area contributed by atoms with Crippen LogP contribution in [0.4, 0.5) is 5.69 Å². The van der Waals surface area contributed by atoms with Gasteiger partial charge in [-0.2, -0.15) is 0 Å². The van der Waals surface area contributed by atoms with Crippen LogP contribution in [0.25, 0.3) is 0 Å². The van der Waals surface area contributed by atoms with E-state index in [9.17, 15) is 0 Å². The number of aromatic nitrogens is 2. The molecule has 4 nitrogen and oxygen atoms in total. The molecule has 2 atom stereocenters. The molecular formula is C22H24N4S. The molecule has 0 saturated carbocycles. The van der Waals surface area contributed by atoms with Crippen molar-refractivity contribution >= 4 is 23.0 Å². The molecule has 1 aliphatic rings. The number of thiocarbonyl (C=S) groups is 1. The highest BCUT2D eigenvalue weighted by Crippen LogP contribution is 2.42. The number of nitrogens with one attached hydrogen (secondary N) is 1. The highest BCUT2D eigenvalue weighted by atomic mass is 32.1. The second-order valence-corrected chi connectivity index (χ2v) is 7.65. The largest absolute Gasteiger partial charge is 0.351 e. The number of pyridine rings is 1. The van der Waals surface area contributed by atoms with Crippen molar-refractivity contribution in [2.75, 3.05) is 4.90 Å². The summed E-state index contributed by atoms with van der Waals surface area (Å²) in [5, 5.41) is 4.25. The molecule has 1 aliphatic heterocycles. The van der Waals surface area contributed by atoms with Crippen molar-refractivity contribution in [2.24, 2.45) is 0 Å². The smallest absolute Gasteiger partial charge is 0.174 e. The highest BCUT2D eigenvalue weighted by Gasteiger charge is 2.42. The first-order valence-corrected chi connectivity index (χ1v) is 9.71. The van der Waals surface area contributed by atoms with Crippen LogP contribution in [0.3, 0.4) is 0 Å². The summed E-state index contributed by atoms with van der Waals surface area (Å²) in [7, 11) is 0. The Balaban J connectivity index is 1.85. The molecule has 5 heteroatoms. The molecule has 1 fully saturated rings. The lowest BCUT2D eigenvalue weighted by Gasteiger charge is -2.30. The van der Waals surface area contributed by atoms with E-state index in [2.05, 4.69) is 89.2 Å². The van der Waals surface area contributed by atoms with Gasteiger partial charge in [-0.05, 0) is 69.4 Å². The molecule has 138 valence electrons. The summed E-state index contributed by atoms with van der Waals surface area (Å²) in [6.45, 7) is 6.51. The van der Waals surface area contributed by atoms with Crippen LogP contribution in [-0.2, 0) is 0 Å². The van der Waals surface area contributed by atoms with Gasteiger partial charge in [0.1, 0.15) is 6.04 Å². The van der Waals surface area contributed by atoms with Crippen LogP contribution in [0.2, 0.25) is 0 Å². The van der Waals surface area contributed by atoms with Crippen LogP contribution in [0, 0.1) is 6.92 Å². The van der Waals surface area contributed by atoms with Crippen LogP contribution >= 0.6 is 12.2 Å². The van der Waals surface area contributed by atoms with Gasteiger partial charge in [-0.15, -0.1) is 0 Å². The maximum absolute atomic E-state index is 5.77. The van der Waals surface area contributed by atoms with E-state index in [1.54, 1.807) is 0 Å². The predicted octanol–water partition coefficient (Wildman–Crippen LogP) is 4.95. The average molecular weight is 377 g/mol. The third kappa shape index (κ3) is 3.23. The van der Waals surface area contributed by atoms with Gasteiger partial charge >= 0.3 is 0 Å². The Hall–Kier alpha value is -2.66. The second kappa shape index (κ2) is 7.16. The molecule has 0 radical (unpaired) electrons. The zero-order valence-electron chi connectivity index (χ0n) is 15.8. The Labute approximate surface area is 165 Å². The first-order valence-electron chi connectivity index (χ1n) is 9.30. The van der Waals surface area contributed by atoms with E-state index in [1.165, 1.54) is 11.3 Å². The van der Waals surface area contributed by atoms with Crippen molar-refractivity contribution in [3.8, 4) is 0 Å². The predicted molar refractivity (Wildman–Crippen MR) is 114 cm³/mol. The number of aryl methyl sites for hydroxylation is 1. The Morgan fingerprint density at radius 3 is 2.48 bits per heavy atom. The molecule has 0 aliphatic carbocycles. The van der Waals surface area contributed by atoms with Gasteiger partial charge in [0.2, 0.25) is 0 Å². The quantitative estimate of drug-likeness (QED) is 0.653. The van der Waals surface area contributed by atoms with E-state index in [0.29, 0.717) is 6.04 Å². The van der Waals surface area contributed by atoms with Crippen molar-refractivity contribution in [3.05, 3.63) is 83.9 Å². The van der Waals surface area contributed by atoms with Gasteiger partial charge in [-0.1, -0.05) is 23.8 Å². The van der Waals surface area contributed by atoms with E-state index in [4.69, 9.17) is 12.2 Å². The summed E-state index contributed by atoms with van der Waals surface area (Å²) >= 11 is 5.77. The Morgan fingerprint density at radius 2 is 1.81 bits per heavy atom. The molecule has 0 spiro atoms. The minimum Gasteiger partial charge on any atom is -0.351 e. The molecular weight excluding hydrogens is 352 g/mol. The van der Waals surface area contributed by atoms with Crippen molar-refractivity contribution in [1.29, 1.82) is 0 Å². The third-order valence-electron chi connectivity index (χ3n) is 5.08. The summed E-state index contributed by atoms with van der Waals surface area (Å²) in [5.41, 5.74) is 4.56. The summed E-state index contributed by atoms with van der Waals surface area (Å²) in [4.78, 5) is 6.84. The minimum atomic E-state index is -0.00703. The first-order chi connectivity index (χ1) is 13.1. The fraction of sp³-hybridized carbons (Fsp3) is 0.273. The Bertz CT molecular complexity index is 930. The Kier molecular flexibility index (Phi) is 4.70. The molecule has 1 aromatic carbocycles. The lowest BCUT2D eigenvalue weighted by Crippen LogP contribution is -2.30. The van der Waals surface area contributed by atoms with Gasteiger partial charge in [-0.25, -0.2) is 0 Å². The highest BCUT2D eigenvalue weighted by molar-refractivity contribution is 7.80. The number of rotatable bonds is 4. The normalized spacial score (nSPS) is 19.6. The van der Waals surface area contributed by atoms with Gasteiger partial charge < -0.3 is 14.8 Å². The van der Waals surface area contributed by atoms with Crippen LogP contribution in [0.15, 0.2) is 67.0 Å². The van der Waals surface area contributed by atoms with E-state index >= 15 is 0 Å². The number of benzene rings is 1. The van der Waals surface area contributed by atoms with Crippen molar-refractivity contribution < 1.29 is 0 Å².